The second kappa shape index (κ2) is 4.41. The van der Waals surface area contributed by atoms with Crippen LogP contribution in [-0.2, 0) is 6.18 Å². The molecule has 0 amide bonds. The van der Waals surface area contributed by atoms with E-state index in [1.807, 2.05) is 0 Å². The van der Waals surface area contributed by atoms with Gasteiger partial charge in [-0.3, -0.25) is 0 Å². The van der Waals surface area contributed by atoms with Gasteiger partial charge in [0.15, 0.2) is 0 Å². The molecule has 2 rings (SSSR count). The third kappa shape index (κ3) is 2.80. The van der Waals surface area contributed by atoms with E-state index in [9.17, 15) is 13.2 Å². The highest BCUT2D eigenvalue weighted by Crippen LogP contribution is 2.32. The SMILES string of the molecule is FC(F)(F)c1cccc(-c2cccc(Cl)c2)c1. The van der Waals surface area contributed by atoms with Gasteiger partial charge in [0.05, 0.1) is 5.56 Å². The van der Waals surface area contributed by atoms with Crippen LogP contribution in [0.3, 0.4) is 0 Å². The van der Waals surface area contributed by atoms with Gasteiger partial charge in [-0.15, -0.1) is 0 Å². The van der Waals surface area contributed by atoms with Crippen molar-refractivity contribution < 1.29 is 13.2 Å². The Bertz CT molecular complexity index is 532. The number of benzene rings is 2. The summed E-state index contributed by atoms with van der Waals surface area (Å²) in [7, 11) is 0. The van der Waals surface area contributed by atoms with Crippen molar-refractivity contribution in [3.8, 4) is 11.1 Å². The third-order valence-electron chi connectivity index (χ3n) is 2.35. The van der Waals surface area contributed by atoms with Crippen LogP contribution in [0.5, 0.6) is 0 Å². The van der Waals surface area contributed by atoms with Gasteiger partial charge in [0, 0.05) is 5.02 Å². The molecule has 88 valence electrons. The van der Waals surface area contributed by atoms with Crippen molar-refractivity contribution in [1.29, 1.82) is 0 Å². The summed E-state index contributed by atoms with van der Waals surface area (Å²) in [5, 5.41) is 0.500. The number of alkyl halides is 3. The summed E-state index contributed by atoms with van der Waals surface area (Å²) < 4.78 is 37.6. The predicted molar refractivity (Wildman–Crippen MR) is 61.9 cm³/mol. The summed E-state index contributed by atoms with van der Waals surface area (Å²) in [6.07, 6.45) is -4.32. The van der Waals surface area contributed by atoms with Gasteiger partial charge >= 0.3 is 6.18 Å². The molecule has 0 aliphatic rings. The van der Waals surface area contributed by atoms with Crippen LogP contribution in [0.25, 0.3) is 11.1 Å². The van der Waals surface area contributed by atoms with Crippen LogP contribution in [0.1, 0.15) is 5.56 Å². The lowest BCUT2D eigenvalue weighted by Gasteiger charge is -2.08. The lowest BCUT2D eigenvalue weighted by molar-refractivity contribution is -0.137. The molecular weight excluding hydrogens is 249 g/mol. The topological polar surface area (TPSA) is 0 Å². The Balaban J connectivity index is 2.47. The Kier molecular flexibility index (Phi) is 3.11. The van der Waals surface area contributed by atoms with Gasteiger partial charge in [0.2, 0.25) is 0 Å². The molecule has 0 heterocycles. The quantitative estimate of drug-likeness (QED) is 0.672. The average molecular weight is 257 g/mol. The zero-order valence-corrected chi connectivity index (χ0v) is 9.39. The van der Waals surface area contributed by atoms with Crippen molar-refractivity contribution in [2.75, 3.05) is 0 Å². The summed E-state index contributed by atoms with van der Waals surface area (Å²) in [6, 6.07) is 11.9. The molecule has 0 saturated carbocycles. The first-order valence-electron chi connectivity index (χ1n) is 4.90. The number of halogens is 4. The highest BCUT2D eigenvalue weighted by Gasteiger charge is 2.30. The molecule has 0 N–H and O–H groups in total. The molecule has 2 aromatic rings. The molecule has 17 heavy (non-hydrogen) atoms. The Morgan fingerprint density at radius 2 is 1.41 bits per heavy atom. The smallest absolute Gasteiger partial charge is 0.166 e. The van der Waals surface area contributed by atoms with Crippen LogP contribution in [0.15, 0.2) is 48.5 Å². The fraction of sp³-hybridized carbons (Fsp3) is 0.0769. The Hall–Kier alpha value is -1.48. The van der Waals surface area contributed by atoms with Gasteiger partial charge in [0.1, 0.15) is 0 Å². The molecule has 0 unspecified atom stereocenters. The maximum absolute atomic E-state index is 12.5. The highest BCUT2D eigenvalue weighted by molar-refractivity contribution is 6.30. The van der Waals surface area contributed by atoms with Gasteiger partial charge in [-0.1, -0.05) is 35.9 Å². The van der Waals surface area contributed by atoms with Crippen LogP contribution in [0, 0.1) is 0 Å². The van der Waals surface area contributed by atoms with Crippen LogP contribution in [0.4, 0.5) is 13.2 Å². The summed E-state index contributed by atoms with van der Waals surface area (Å²) in [5.74, 6) is 0. The number of rotatable bonds is 1. The van der Waals surface area contributed by atoms with Crippen molar-refractivity contribution >= 4 is 11.6 Å². The van der Waals surface area contributed by atoms with E-state index < -0.39 is 11.7 Å². The molecule has 0 saturated heterocycles. The molecule has 0 aromatic heterocycles. The van der Waals surface area contributed by atoms with Crippen molar-refractivity contribution in [2.24, 2.45) is 0 Å². The summed E-state index contributed by atoms with van der Waals surface area (Å²) in [4.78, 5) is 0. The minimum atomic E-state index is -4.32. The summed E-state index contributed by atoms with van der Waals surface area (Å²) >= 11 is 5.80. The van der Waals surface area contributed by atoms with E-state index in [1.54, 1.807) is 30.3 Å². The van der Waals surface area contributed by atoms with Crippen LogP contribution >= 0.6 is 11.6 Å². The zero-order chi connectivity index (χ0) is 12.5. The third-order valence-corrected chi connectivity index (χ3v) is 2.58. The van der Waals surface area contributed by atoms with E-state index in [1.165, 1.54) is 6.07 Å². The molecule has 0 atom stereocenters. The van der Waals surface area contributed by atoms with E-state index in [-0.39, 0.29) is 0 Å². The average Bonchev–Trinajstić information content (AvgIpc) is 2.28. The molecule has 0 aliphatic heterocycles. The van der Waals surface area contributed by atoms with E-state index in [2.05, 4.69) is 0 Å². The van der Waals surface area contributed by atoms with Gasteiger partial charge < -0.3 is 0 Å². The molecule has 0 nitrogen and oxygen atoms in total. The zero-order valence-electron chi connectivity index (χ0n) is 8.63. The Labute approximate surface area is 102 Å². The van der Waals surface area contributed by atoms with Crippen LogP contribution in [-0.4, -0.2) is 0 Å². The molecular formula is C13H8ClF3. The predicted octanol–water partition coefficient (Wildman–Crippen LogP) is 5.03. The number of hydrogen-bond donors (Lipinski definition) is 0. The molecule has 2 aromatic carbocycles. The standard InChI is InChI=1S/C13H8ClF3/c14-12-6-2-4-10(8-12)9-3-1-5-11(7-9)13(15,16)17/h1-8H. The van der Waals surface area contributed by atoms with Crippen LogP contribution < -0.4 is 0 Å². The Morgan fingerprint density at radius 3 is 2.00 bits per heavy atom. The molecule has 0 radical (unpaired) electrons. The summed E-state index contributed by atoms with van der Waals surface area (Å²) in [6.45, 7) is 0. The first-order valence-corrected chi connectivity index (χ1v) is 5.28. The van der Waals surface area contributed by atoms with Crippen molar-refractivity contribution in [3.05, 3.63) is 59.1 Å². The summed E-state index contributed by atoms with van der Waals surface area (Å²) in [5.41, 5.74) is 0.515. The second-order valence-corrected chi connectivity index (χ2v) is 4.03. The lowest BCUT2D eigenvalue weighted by atomic mass is 10.0. The van der Waals surface area contributed by atoms with E-state index in [0.29, 0.717) is 16.1 Å². The normalized spacial score (nSPS) is 11.5. The molecule has 0 bridgehead atoms. The maximum atomic E-state index is 12.5. The van der Waals surface area contributed by atoms with E-state index >= 15 is 0 Å². The second-order valence-electron chi connectivity index (χ2n) is 3.59. The fourth-order valence-electron chi connectivity index (χ4n) is 1.54. The number of hydrogen-bond acceptors (Lipinski definition) is 0. The molecule has 0 fully saturated rings. The van der Waals surface area contributed by atoms with Crippen molar-refractivity contribution in [3.63, 3.8) is 0 Å². The fourth-order valence-corrected chi connectivity index (χ4v) is 1.73. The molecule has 4 heteroatoms. The monoisotopic (exact) mass is 256 g/mol. The first kappa shape index (κ1) is 12.0. The van der Waals surface area contributed by atoms with Gasteiger partial charge in [-0.25, -0.2) is 0 Å². The molecule has 0 aliphatic carbocycles. The maximum Gasteiger partial charge on any atom is 0.416 e. The van der Waals surface area contributed by atoms with E-state index in [4.69, 9.17) is 11.6 Å². The van der Waals surface area contributed by atoms with Gasteiger partial charge in [-0.05, 0) is 35.4 Å². The lowest BCUT2D eigenvalue weighted by Crippen LogP contribution is -2.04. The van der Waals surface area contributed by atoms with E-state index in [0.717, 1.165) is 12.1 Å². The minimum absolute atomic E-state index is 0.500. The first-order chi connectivity index (χ1) is 7.97. The minimum Gasteiger partial charge on any atom is -0.166 e. The highest BCUT2D eigenvalue weighted by atomic mass is 35.5. The van der Waals surface area contributed by atoms with Gasteiger partial charge in [-0.2, -0.15) is 13.2 Å². The van der Waals surface area contributed by atoms with Crippen molar-refractivity contribution in [2.45, 2.75) is 6.18 Å². The largest absolute Gasteiger partial charge is 0.416 e. The van der Waals surface area contributed by atoms with Gasteiger partial charge in [0.25, 0.3) is 0 Å². The molecule has 0 spiro atoms. The van der Waals surface area contributed by atoms with Crippen LogP contribution in [0.2, 0.25) is 5.02 Å². The Morgan fingerprint density at radius 1 is 0.824 bits per heavy atom. The van der Waals surface area contributed by atoms with Crippen molar-refractivity contribution in [1.82, 2.24) is 0 Å².